The molecule has 0 radical (unpaired) electrons. The number of rotatable bonds is 17. The third-order valence-electron chi connectivity index (χ3n) is 12.5. The number of thiazole rings is 2. The van der Waals surface area contributed by atoms with Crippen LogP contribution in [0, 0.1) is 17.8 Å². The van der Waals surface area contributed by atoms with Gasteiger partial charge in [-0.05, 0) is 84.3 Å². The summed E-state index contributed by atoms with van der Waals surface area (Å²) < 4.78 is 5.38. The average Bonchev–Trinajstić information content (AvgIpc) is 4.27. The number of nitrogens with one attached hydrogen (secondary N) is 4. The molecule has 4 amide bonds. The number of nitrogens with zero attached hydrogens (tertiary/aromatic N) is 6. The number of carbonyl (C=O) groups excluding carboxylic acids is 4. The van der Waals surface area contributed by atoms with E-state index in [2.05, 4.69) is 37.8 Å². The maximum absolute atomic E-state index is 13.3. The summed E-state index contributed by atoms with van der Waals surface area (Å²) in [6.45, 7) is 12.5. The first kappa shape index (κ1) is 53.1. The number of hydrogen-bond donors (Lipinski definition) is 7. The molecule has 1 unspecified atom stereocenters. The van der Waals surface area contributed by atoms with Gasteiger partial charge in [0.25, 0.3) is 17.7 Å². The Kier molecular flexibility index (Phi) is 16.1. The Balaban J connectivity index is 0.000000188. The van der Waals surface area contributed by atoms with Gasteiger partial charge < -0.3 is 37.8 Å². The maximum Gasteiger partial charge on any atom is 0.255 e. The largest absolute Gasteiger partial charge is 0.396 e. The zero-order valence-electron chi connectivity index (χ0n) is 42.9. The van der Waals surface area contributed by atoms with Crippen molar-refractivity contribution in [2.45, 2.75) is 53.6 Å². The van der Waals surface area contributed by atoms with E-state index in [-0.39, 0.29) is 36.2 Å². The number of aliphatic hydroxyl groups excluding tert-OH is 1. The number of aromatic nitrogens is 6. The molecule has 0 spiro atoms. The van der Waals surface area contributed by atoms with Gasteiger partial charge in [-0.1, -0.05) is 130 Å². The Bertz CT molecular complexity index is 3810. The topological polar surface area (TPSA) is 249 Å². The van der Waals surface area contributed by atoms with Gasteiger partial charge in [0.05, 0.1) is 44.1 Å². The van der Waals surface area contributed by atoms with Crippen molar-refractivity contribution < 1.29 is 24.3 Å². The molecule has 77 heavy (non-hydrogen) atoms. The number of carbonyl (C=O) groups is 4. The van der Waals surface area contributed by atoms with Gasteiger partial charge in [0.15, 0.2) is 21.6 Å². The number of hydrogen-bond acceptors (Lipinski definition) is 13. The second-order valence-corrected chi connectivity index (χ2v) is 21.4. The van der Waals surface area contributed by atoms with Crippen LogP contribution in [0.25, 0.3) is 54.2 Å². The Morgan fingerprint density at radius 2 is 1.08 bits per heavy atom. The summed E-state index contributed by atoms with van der Waals surface area (Å²) in [6.07, 6.45) is 4.68. The highest BCUT2D eigenvalue weighted by Crippen LogP contribution is 2.33. The van der Waals surface area contributed by atoms with Crippen LogP contribution in [0.15, 0.2) is 146 Å². The van der Waals surface area contributed by atoms with Crippen LogP contribution in [-0.2, 0) is 22.7 Å². The Hall–Kier alpha value is -8.78. The van der Waals surface area contributed by atoms with E-state index in [4.69, 9.17) is 21.4 Å². The lowest BCUT2D eigenvalue weighted by molar-refractivity contribution is -0.121. The number of anilines is 4. The Morgan fingerprint density at radius 3 is 1.52 bits per heavy atom. The van der Waals surface area contributed by atoms with Crippen molar-refractivity contribution in [3.8, 4) is 22.5 Å². The monoisotopic (exact) mass is 1070 g/mol. The van der Waals surface area contributed by atoms with E-state index >= 15 is 0 Å². The minimum atomic E-state index is -0.558. The zero-order valence-corrected chi connectivity index (χ0v) is 44.5. The highest BCUT2D eigenvalue weighted by Gasteiger charge is 2.26. The Labute approximate surface area is 452 Å². The van der Waals surface area contributed by atoms with Gasteiger partial charge in [0, 0.05) is 42.2 Å². The van der Waals surface area contributed by atoms with Crippen LogP contribution in [0.2, 0.25) is 0 Å². The van der Waals surface area contributed by atoms with Gasteiger partial charge in [-0.3, -0.25) is 28.0 Å². The van der Waals surface area contributed by atoms with Crippen molar-refractivity contribution in [2.75, 3.05) is 28.7 Å². The number of nitrogens with two attached hydrogens (primary N) is 2. The summed E-state index contributed by atoms with van der Waals surface area (Å²) in [7, 11) is 0. The van der Waals surface area contributed by atoms with Gasteiger partial charge in [-0.25, -0.2) is 19.9 Å². The molecule has 0 saturated heterocycles. The summed E-state index contributed by atoms with van der Waals surface area (Å²) in [6, 6.07) is 37.6. The van der Waals surface area contributed by atoms with Crippen molar-refractivity contribution in [1.29, 1.82) is 0 Å². The van der Waals surface area contributed by atoms with E-state index < -0.39 is 5.92 Å². The number of amides is 4. The predicted molar refractivity (Wildman–Crippen MR) is 308 cm³/mol. The van der Waals surface area contributed by atoms with Gasteiger partial charge in [0.2, 0.25) is 5.91 Å². The van der Waals surface area contributed by atoms with Gasteiger partial charge in [-0.2, -0.15) is 0 Å². The summed E-state index contributed by atoms with van der Waals surface area (Å²) in [4.78, 5) is 71.0. The molecule has 392 valence electrons. The average molecular weight is 1070 g/mol. The highest BCUT2D eigenvalue weighted by atomic mass is 32.1. The number of fused-ring (bicyclic) bond motifs is 4. The quantitative estimate of drug-likeness (QED) is 0.0423. The highest BCUT2D eigenvalue weighted by molar-refractivity contribution is 7.22. The molecule has 0 aliphatic rings. The van der Waals surface area contributed by atoms with Crippen LogP contribution in [0.1, 0.15) is 72.4 Å². The molecule has 0 aliphatic carbocycles. The van der Waals surface area contributed by atoms with Crippen molar-refractivity contribution >= 4 is 99.9 Å². The summed E-state index contributed by atoms with van der Waals surface area (Å²) in [5.41, 5.74) is 20.0. The minimum Gasteiger partial charge on any atom is -0.396 e. The van der Waals surface area contributed by atoms with E-state index in [1.54, 1.807) is 45.5 Å². The number of benzene rings is 4. The van der Waals surface area contributed by atoms with Crippen molar-refractivity contribution in [2.24, 2.45) is 17.8 Å². The predicted octanol–water partition coefficient (Wildman–Crippen LogP) is 10.4. The van der Waals surface area contributed by atoms with Crippen LogP contribution in [0.4, 0.5) is 21.9 Å². The van der Waals surface area contributed by atoms with Crippen LogP contribution < -0.4 is 32.7 Å². The molecule has 6 heterocycles. The molecule has 0 bridgehead atoms. The first-order valence-corrected chi connectivity index (χ1v) is 26.7. The maximum atomic E-state index is 13.3. The fourth-order valence-electron chi connectivity index (χ4n) is 8.91. The number of nitrogen functional groups attached to an aromatic ring is 2. The van der Waals surface area contributed by atoms with Crippen LogP contribution in [-0.4, -0.2) is 64.1 Å². The third kappa shape index (κ3) is 12.2. The zero-order chi connectivity index (χ0) is 54.3. The smallest absolute Gasteiger partial charge is 0.255 e. The second-order valence-electron chi connectivity index (χ2n) is 19.3. The van der Waals surface area contributed by atoms with E-state index in [1.165, 1.54) is 22.7 Å². The Morgan fingerprint density at radius 1 is 0.610 bits per heavy atom. The molecule has 9 N–H and O–H groups in total. The molecule has 1 atom stereocenters. The number of imidazole rings is 2. The summed E-state index contributed by atoms with van der Waals surface area (Å²) in [5, 5.41) is 22.8. The lowest BCUT2D eigenvalue weighted by Gasteiger charge is -2.17. The molecule has 17 nitrogen and oxygen atoms in total. The van der Waals surface area contributed by atoms with Crippen LogP contribution >= 0.6 is 22.7 Å². The second kappa shape index (κ2) is 23.4. The van der Waals surface area contributed by atoms with Crippen molar-refractivity contribution in [3.63, 3.8) is 0 Å². The number of pyridine rings is 2. The molecule has 6 aromatic heterocycles. The van der Waals surface area contributed by atoms with Crippen LogP contribution in [0.5, 0.6) is 0 Å². The lowest BCUT2D eigenvalue weighted by Crippen LogP contribution is -2.28. The minimum absolute atomic E-state index is 0.244. The van der Waals surface area contributed by atoms with E-state index in [1.807, 2.05) is 125 Å². The SMILES string of the molecule is C=C(CC(C)C)C(=O)Nc1c(-c2ccccc2)nc2c(C(=O)NCc3ccc4nc(N)sc4c3)cccn12.CC(C)CC(CO)C(=O)Nc1c(-c2ccccc2)nc2c(C(=O)NCc3ccc4nc(N)sc4c3)cccn12. The molecule has 10 aromatic rings. The molecular formula is C58H58N12O5S2. The van der Waals surface area contributed by atoms with E-state index in [0.29, 0.717) is 93.1 Å². The fourth-order valence-corrected chi connectivity index (χ4v) is 10.5. The van der Waals surface area contributed by atoms with Gasteiger partial charge >= 0.3 is 0 Å². The van der Waals surface area contributed by atoms with E-state index in [0.717, 1.165) is 42.7 Å². The first-order chi connectivity index (χ1) is 37.1. The molecular weight excluding hydrogens is 1010 g/mol. The van der Waals surface area contributed by atoms with E-state index in [9.17, 15) is 24.3 Å². The molecule has 0 aliphatic heterocycles. The lowest BCUT2D eigenvalue weighted by atomic mass is 9.97. The standard InChI is InChI=1S/C29H30N6O3S.C29H28N6O2S/c1-17(2)13-20(16-36)27(37)34-26-24(19-7-4-3-5-8-19)33-25-21(9-6-12-35(25)26)28(38)31-15-18-10-11-22-23(14-18)39-29(30)32-22;1-17(2)14-18(3)27(36)34-26-24(20-8-5-4-6-9-20)33-25-21(10-7-13-35(25)26)28(37)31-16-19-11-12-22-23(15-19)38-29(30)32-22/h3-12,14,17,20,36H,13,15-16H2,1-2H3,(H2,30,32)(H,31,38)(H,34,37);4-13,15,17H,3,14,16H2,1-2H3,(H2,30,32)(H,31,37)(H,34,36). The van der Waals surface area contributed by atoms with Crippen molar-refractivity contribution in [3.05, 3.63) is 168 Å². The fraction of sp³-hybridized carbons (Fsp3) is 0.207. The molecule has 0 fully saturated rings. The molecule has 19 heteroatoms. The summed E-state index contributed by atoms with van der Waals surface area (Å²) in [5.74, 6) is -0.203. The third-order valence-corrected chi connectivity index (χ3v) is 14.2. The molecule has 4 aromatic carbocycles. The molecule has 10 rings (SSSR count). The van der Waals surface area contributed by atoms with Crippen molar-refractivity contribution in [1.82, 2.24) is 39.4 Å². The number of aliphatic hydroxyl groups is 1. The van der Waals surface area contributed by atoms with Gasteiger partial charge in [0.1, 0.15) is 23.0 Å². The normalized spacial score (nSPS) is 11.7. The first-order valence-electron chi connectivity index (χ1n) is 25.0. The summed E-state index contributed by atoms with van der Waals surface area (Å²) >= 11 is 2.81. The van der Waals surface area contributed by atoms with Crippen LogP contribution in [0.3, 0.4) is 0 Å². The molecule has 0 saturated carbocycles. The van der Waals surface area contributed by atoms with Gasteiger partial charge in [-0.15, -0.1) is 0 Å².